The van der Waals surface area contributed by atoms with E-state index in [0.717, 1.165) is 0 Å². The van der Waals surface area contributed by atoms with Gasteiger partial charge in [0.05, 0.1) is 17.8 Å². The number of hydrogen-bond donors (Lipinski definition) is 1. The van der Waals surface area contributed by atoms with Crippen LogP contribution in [0.1, 0.15) is 16.1 Å². The maximum absolute atomic E-state index is 13.1. The molecule has 106 valence electrons. The number of nitrogens with zero attached hydrogens (tertiary/aromatic N) is 3. The molecular formula is C14H10FN3O3. The summed E-state index contributed by atoms with van der Waals surface area (Å²) in [5, 5.41) is 8.93. The van der Waals surface area contributed by atoms with Crippen LogP contribution in [0, 0.1) is 5.82 Å². The van der Waals surface area contributed by atoms with Crippen molar-refractivity contribution in [1.82, 2.24) is 14.0 Å². The molecular weight excluding hydrogens is 277 g/mol. The van der Waals surface area contributed by atoms with Crippen LogP contribution in [0.2, 0.25) is 0 Å². The van der Waals surface area contributed by atoms with Crippen molar-refractivity contribution >= 4 is 11.6 Å². The van der Waals surface area contributed by atoms with Crippen molar-refractivity contribution in [3.63, 3.8) is 0 Å². The molecule has 3 rings (SSSR count). The lowest BCUT2D eigenvalue weighted by molar-refractivity contribution is 0.0696. The highest BCUT2D eigenvalue weighted by molar-refractivity contribution is 5.87. The third-order valence-electron chi connectivity index (χ3n) is 3.03. The molecule has 0 saturated heterocycles. The number of pyridine rings is 2. The SMILES string of the molecule is O=C(O)c1ccc(=O)n(Cc2cn3cc(F)ccc3n2)c1. The average molecular weight is 287 g/mol. The second-order valence-corrected chi connectivity index (χ2v) is 4.53. The van der Waals surface area contributed by atoms with E-state index < -0.39 is 11.8 Å². The molecule has 3 aromatic rings. The summed E-state index contributed by atoms with van der Waals surface area (Å²) in [5.74, 6) is -1.50. The molecule has 0 aliphatic carbocycles. The standard InChI is InChI=1S/C14H10FN3O3/c15-10-2-3-12-16-11(7-17(12)6-10)8-18-5-9(14(20)21)1-4-13(18)19/h1-7H,8H2,(H,20,21). The Hall–Kier alpha value is -2.96. The smallest absolute Gasteiger partial charge is 0.337 e. The van der Waals surface area contributed by atoms with Gasteiger partial charge in [0.25, 0.3) is 5.56 Å². The monoisotopic (exact) mass is 287 g/mol. The van der Waals surface area contributed by atoms with Gasteiger partial charge in [-0.1, -0.05) is 0 Å². The molecule has 0 bridgehead atoms. The molecule has 0 radical (unpaired) electrons. The van der Waals surface area contributed by atoms with Crippen molar-refractivity contribution in [3.8, 4) is 0 Å². The van der Waals surface area contributed by atoms with E-state index >= 15 is 0 Å². The highest BCUT2D eigenvalue weighted by Crippen LogP contribution is 2.08. The predicted octanol–water partition coefficient (Wildman–Crippen LogP) is 1.38. The number of rotatable bonds is 3. The van der Waals surface area contributed by atoms with Crippen LogP contribution in [0.4, 0.5) is 4.39 Å². The minimum atomic E-state index is -1.11. The van der Waals surface area contributed by atoms with E-state index in [2.05, 4.69) is 4.98 Å². The van der Waals surface area contributed by atoms with Crippen LogP contribution in [0.5, 0.6) is 0 Å². The van der Waals surface area contributed by atoms with E-state index in [1.807, 2.05) is 0 Å². The highest BCUT2D eigenvalue weighted by atomic mass is 19.1. The zero-order valence-electron chi connectivity index (χ0n) is 10.7. The minimum absolute atomic E-state index is 0.0180. The average Bonchev–Trinajstić information content (AvgIpc) is 2.82. The Morgan fingerprint density at radius 2 is 2.00 bits per heavy atom. The lowest BCUT2D eigenvalue weighted by Gasteiger charge is -2.03. The van der Waals surface area contributed by atoms with Crippen molar-refractivity contribution in [2.24, 2.45) is 0 Å². The third kappa shape index (κ3) is 2.53. The van der Waals surface area contributed by atoms with E-state index in [0.29, 0.717) is 11.3 Å². The fourth-order valence-corrected chi connectivity index (χ4v) is 2.05. The third-order valence-corrected chi connectivity index (χ3v) is 3.03. The molecule has 7 heteroatoms. The van der Waals surface area contributed by atoms with Gasteiger partial charge in [-0.2, -0.15) is 0 Å². The fourth-order valence-electron chi connectivity index (χ4n) is 2.05. The van der Waals surface area contributed by atoms with E-state index in [4.69, 9.17) is 5.11 Å². The van der Waals surface area contributed by atoms with Crippen LogP contribution in [0.3, 0.4) is 0 Å². The molecule has 0 aliphatic rings. The van der Waals surface area contributed by atoms with E-state index in [1.54, 1.807) is 6.20 Å². The molecule has 6 nitrogen and oxygen atoms in total. The molecule has 0 saturated carbocycles. The number of halogens is 1. The second kappa shape index (κ2) is 4.86. The summed E-state index contributed by atoms with van der Waals surface area (Å²) in [5.41, 5.74) is 0.770. The molecule has 0 aliphatic heterocycles. The molecule has 0 aromatic carbocycles. The predicted molar refractivity (Wildman–Crippen MR) is 71.9 cm³/mol. The van der Waals surface area contributed by atoms with Crippen molar-refractivity contribution < 1.29 is 14.3 Å². The Kier molecular flexibility index (Phi) is 3.02. The molecule has 3 aromatic heterocycles. The van der Waals surface area contributed by atoms with Gasteiger partial charge < -0.3 is 14.1 Å². The zero-order chi connectivity index (χ0) is 15.0. The first-order valence-corrected chi connectivity index (χ1v) is 6.10. The molecule has 0 unspecified atom stereocenters. The largest absolute Gasteiger partial charge is 0.478 e. The quantitative estimate of drug-likeness (QED) is 0.789. The van der Waals surface area contributed by atoms with Crippen molar-refractivity contribution in [2.45, 2.75) is 6.54 Å². The summed E-state index contributed by atoms with van der Waals surface area (Å²) in [7, 11) is 0. The minimum Gasteiger partial charge on any atom is -0.478 e. The molecule has 21 heavy (non-hydrogen) atoms. The summed E-state index contributed by atoms with van der Waals surface area (Å²) in [4.78, 5) is 26.9. The van der Waals surface area contributed by atoms with Crippen molar-refractivity contribution in [1.29, 1.82) is 0 Å². The second-order valence-electron chi connectivity index (χ2n) is 4.53. The van der Waals surface area contributed by atoms with Gasteiger partial charge in [0.1, 0.15) is 11.5 Å². The summed E-state index contributed by atoms with van der Waals surface area (Å²) in [6, 6.07) is 5.26. The van der Waals surface area contributed by atoms with Crippen LogP contribution in [-0.4, -0.2) is 25.0 Å². The Morgan fingerprint density at radius 3 is 2.76 bits per heavy atom. The number of hydrogen-bond acceptors (Lipinski definition) is 3. The van der Waals surface area contributed by atoms with Gasteiger partial charge >= 0.3 is 5.97 Å². The number of fused-ring (bicyclic) bond motifs is 1. The van der Waals surface area contributed by atoms with Crippen molar-refractivity contribution in [3.05, 3.63) is 70.3 Å². The van der Waals surface area contributed by atoms with Crippen LogP contribution in [-0.2, 0) is 6.54 Å². The molecule has 0 spiro atoms. The Balaban J connectivity index is 2.00. The number of carboxylic acids is 1. The normalized spacial score (nSPS) is 10.9. The number of imidazole rings is 1. The van der Waals surface area contributed by atoms with E-state index in [9.17, 15) is 14.0 Å². The first-order valence-electron chi connectivity index (χ1n) is 6.10. The summed E-state index contributed by atoms with van der Waals surface area (Å²) in [6.07, 6.45) is 4.13. The Morgan fingerprint density at radius 1 is 1.19 bits per heavy atom. The van der Waals surface area contributed by atoms with Crippen molar-refractivity contribution in [2.75, 3.05) is 0 Å². The van der Waals surface area contributed by atoms with Crippen LogP contribution in [0.25, 0.3) is 5.65 Å². The first kappa shape index (κ1) is 13.0. The lowest BCUT2D eigenvalue weighted by atomic mass is 10.3. The van der Waals surface area contributed by atoms with Crippen LogP contribution in [0.15, 0.2) is 47.7 Å². The van der Waals surface area contributed by atoms with Gasteiger partial charge in [-0.15, -0.1) is 0 Å². The highest BCUT2D eigenvalue weighted by Gasteiger charge is 2.08. The number of aromatic nitrogens is 3. The fraction of sp³-hybridized carbons (Fsp3) is 0.0714. The van der Waals surface area contributed by atoms with E-state index in [-0.39, 0.29) is 17.7 Å². The molecule has 0 fully saturated rings. The number of aromatic carboxylic acids is 1. The molecule has 1 N–H and O–H groups in total. The van der Waals surface area contributed by atoms with Gasteiger partial charge in [-0.25, -0.2) is 14.2 Å². The molecule has 3 heterocycles. The van der Waals surface area contributed by atoms with E-state index in [1.165, 1.54) is 45.6 Å². The Bertz CT molecular complexity index is 898. The maximum atomic E-state index is 13.1. The van der Waals surface area contributed by atoms with Crippen LogP contribution < -0.4 is 5.56 Å². The Labute approximate surface area is 117 Å². The number of carboxylic acid groups (broad SMARTS) is 1. The van der Waals surface area contributed by atoms with Gasteiger partial charge in [0.15, 0.2) is 0 Å². The molecule has 0 atom stereocenters. The van der Waals surface area contributed by atoms with Gasteiger partial charge in [-0.3, -0.25) is 4.79 Å². The summed E-state index contributed by atoms with van der Waals surface area (Å²) >= 11 is 0. The summed E-state index contributed by atoms with van der Waals surface area (Å²) in [6.45, 7) is 0.114. The van der Waals surface area contributed by atoms with Crippen LogP contribution >= 0.6 is 0 Å². The molecule has 0 amide bonds. The van der Waals surface area contributed by atoms with Gasteiger partial charge in [0, 0.05) is 24.7 Å². The summed E-state index contributed by atoms with van der Waals surface area (Å²) < 4.78 is 15.9. The van der Waals surface area contributed by atoms with Gasteiger partial charge in [-0.05, 0) is 18.2 Å². The lowest BCUT2D eigenvalue weighted by Crippen LogP contribution is -2.20. The maximum Gasteiger partial charge on any atom is 0.337 e. The van der Waals surface area contributed by atoms with Gasteiger partial charge in [0.2, 0.25) is 0 Å². The number of carbonyl (C=O) groups is 1. The zero-order valence-corrected chi connectivity index (χ0v) is 10.7. The first-order chi connectivity index (χ1) is 10.0. The topological polar surface area (TPSA) is 76.6 Å².